The van der Waals surface area contributed by atoms with Crippen LogP contribution in [0.2, 0.25) is 0 Å². The van der Waals surface area contributed by atoms with Gasteiger partial charge in [0.15, 0.2) is 0 Å². The number of aryl methyl sites for hydroxylation is 1. The Balaban J connectivity index is 0.000000461. The maximum atomic E-state index is 8.99. The minimum absolute atomic E-state index is 0.347. The van der Waals surface area contributed by atoms with E-state index in [0.29, 0.717) is 5.75 Å². The van der Waals surface area contributed by atoms with Crippen LogP contribution in [0.5, 0.6) is 5.75 Å². The first-order valence-electron chi connectivity index (χ1n) is 3.64. The summed E-state index contributed by atoms with van der Waals surface area (Å²) in [5.41, 5.74) is 1.10. The average Bonchev–Trinajstić information content (AvgIpc) is 1.88. The number of rotatable bonds is 0. The fourth-order valence-electron chi connectivity index (χ4n) is 0.717. The third-order valence-electron chi connectivity index (χ3n) is 1.03. The van der Waals surface area contributed by atoms with Crippen LogP contribution in [0.25, 0.3) is 0 Å². The van der Waals surface area contributed by atoms with Crippen molar-refractivity contribution in [3.8, 4) is 5.75 Å². The number of phenols is 1. The van der Waals surface area contributed by atoms with Crippen LogP contribution >= 0.6 is 22.6 Å². The predicted octanol–water partition coefficient (Wildman–Crippen LogP) is 3.33. The molecule has 1 aromatic rings. The second-order valence-corrected chi connectivity index (χ2v) is 3.23. The van der Waals surface area contributed by atoms with Crippen molar-refractivity contribution in [1.29, 1.82) is 0 Å². The van der Waals surface area contributed by atoms with Gasteiger partial charge in [0, 0.05) is 3.57 Å². The van der Waals surface area contributed by atoms with E-state index in [0.717, 1.165) is 9.13 Å². The van der Waals surface area contributed by atoms with E-state index >= 15 is 0 Å². The molecule has 0 atom stereocenters. The second kappa shape index (κ2) is 5.41. The largest absolute Gasteiger partial charge is 0.508 e. The lowest BCUT2D eigenvalue weighted by Crippen LogP contribution is -1.73. The lowest BCUT2D eigenvalue weighted by molar-refractivity contribution is 0.474. The molecule has 11 heavy (non-hydrogen) atoms. The molecule has 0 radical (unpaired) electrons. The zero-order valence-electron chi connectivity index (χ0n) is 7.06. The van der Waals surface area contributed by atoms with E-state index in [4.69, 9.17) is 5.11 Å². The number of halogens is 1. The van der Waals surface area contributed by atoms with Gasteiger partial charge < -0.3 is 5.11 Å². The zero-order chi connectivity index (χ0) is 8.85. The molecule has 0 bridgehead atoms. The molecular formula is C9H13IO. The van der Waals surface area contributed by atoms with E-state index in [-0.39, 0.29) is 0 Å². The van der Waals surface area contributed by atoms with Gasteiger partial charge >= 0.3 is 0 Å². The SMILES string of the molecule is CC.Cc1cc(O)cc(I)c1. The van der Waals surface area contributed by atoms with Crippen LogP contribution in [0.4, 0.5) is 0 Å². The van der Waals surface area contributed by atoms with Crippen LogP contribution in [0.15, 0.2) is 18.2 Å². The summed E-state index contributed by atoms with van der Waals surface area (Å²) in [4.78, 5) is 0. The van der Waals surface area contributed by atoms with Crippen LogP contribution in [0.1, 0.15) is 19.4 Å². The molecule has 0 fully saturated rings. The summed E-state index contributed by atoms with van der Waals surface area (Å²) in [6, 6.07) is 5.48. The molecule has 1 aromatic carbocycles. The van der Waals surface area contributed by atoms with Gasteiger partial charge in [-0.3, -0.25) is 0 Å². The Morgan fingerprint density at radius 2 is 1.73 bits per heavy atom. The average molecular weight is 264 g/mol. The van der Waals surface area contributed by atoms with Crippen molar-refractivity contribution in [2.24, 2.45) is 0 Å². The zero-order valence-corrected chi connectivity index (χ0v) is 9.21. The van der Waals surface area contributed by atoms with E-state index in [2.05, 4.69) is 22.6 Å². The number of hydrogen-bond acceptors (Lipinski definition) is 1. The molecule has 0 saturated heterocycles. The highest BCUT2D eigenvalue weighted by Gasteiger charge is 1.90. The maximum absolute atomic E-state index is 8.99. The third-order valence-corrected chi connectivity index (χ3v) is 1.65. The van der Waals surface area contributed by atoms with Gasteiger partial charge in [-0.15, -0.1) is 0 Å². The molecule has 0 aliphatic rings. The van der Waals surface area contributed by atoms with Gasteiger partial charge in [0.2, 0.25) is 0 Å². The predicted molar refractivity (Wildman–Crippen MR) is 56.9 cm³/mol. The Morgan fingerprint density at radius 1 is 1.18 bits per heavy atom. The van der Waals surface area contributed by atoms with Crippen LogP contribution in [0, 0.1) is 10.5 Å². The van der Waals surface area contributed by atoms with E-state index in [1.807, 2.05) is 26.8 Å². The summed E-state index contributed by atoms with van der Waals surface area (Å²) in [6.45, 7) is 5.96. The van der Waals surface area contributed by atoms with E-state index < -0.39 is 0 Å². The molecule has 0 unspecified atom stereocenters. The minimum atomic E-state index is 0.347. The highest BCUT2D eigenvalue weighted by atomic mass is 127. The highest BCUT2D eigenvalue weighted by molar-refractivity contribution is 14.1. The summed E-state index contributed by atoms with van der Waals surface area (Å²) in [5.74, 6) is 0.347. The van der Waals surface area contributed by atoms with Crippen LogP contribution in [-0.4, -0.2) is 5.11 Å². The van der Waals surface area contributed by atoms with Gasteiger partial charge in [0.25, 0.3) is 0 Å². The Labute approximate surface area is 81.6 Å². The van der Waals surface area contributed by atoms with Crippen molar-refractivity contribution in [3.63, 3.8) is 0 Å². The first-order valence-corrected chi connectivity index (χ1v) is 4.72. The summed E-state index contributed by atoms with van der Waals surface area (Å²) in [6.07, 6.45) is 0. The summed E-state index contributed by atoms with van der Waals surface area (Å²) in [7, 11) is 0. The van der Waals surface area contributed by atoms with Gasteiger partial charge in [0.05, 0.1) is 0 Å². The van der Waals surface area contributed by atoms with Gasteiger partial charge in [-0.1, -0.05) is 13.8 Å². The molecule has 0 saturated carbocycles. The number of aromatic hydroxyl groups is 1. The van der Waals surface area contributed by atoms with Crippen molar-refractivity contribution >= 4 is 22.6 Å². The van der Waals surface area contributed by atoms with Gasteiger partial charge in [-0.05, 0) is 53.3 Å². The van der Waals surface area contributed by atoms with Crippen molar-refractivity contribution < 1.29 is 5.11 Å². The molecule has 0 spiro atoms. The van der Waals surface area contributed by atoms with E-state index in [1.165, 1.54) is 0 Å². The number of benzene rings is 1. The lowest BCUT2D eigenvalue weighted by Gasteiger charge is -1.94. The summed E-state index contributed by atoms with van der Waals surface area (Å²) >= 11 is 2.17. The summed E-state index contributed by atoms with van der Waals surface area (Å²) < 4.78 is 1.07. The molecule has 0 aliphatic carbocycles. The molecule has 62 valence electrons. The standard InChI is InChI=1S/C7H7IO.C2H6/c1-5-2-6(8)4-7(9)3-5;1-2/h2-4,9H,1H3;1-2H3. The van der Waals surface area contributed by atoms with Crippen molar-refractivity contribution in [2.75, 3.05) is 0 Å². The second-order valence-electron chi connectivity index (χ2n) is 1.99. The molecule has 0 aliphatic heterocycles. The Morgan fingerprint density at radius 3 is 2.09 bits per heavy atom. The van der Waals surface area contributed by atoms with Gasteiger partial charge in [0.1, 0.15) is 5.75 Å². The van der Waals surface area contributed by atoms with Gasteiger partial charge in [-0.2, -0.15) is 0 Å². The minimum Gasteiger partial charge on any atom is -0.508 e. The van der Waals surface area contributed by atoms with Gasteiger partial charge in [-0.25, -0.2) is 0 Å². The number of phenolic OH excluding ortho intramolecular Hbond substituents is 1. The van der Waals surface area contributed by atoms with Crippen molar-refractivity contribution in [3.05, 3.63) is 27.3 Å². The first-order chi connectivity index (χ1) is 5.18. The fraction of sp³-hybridized carbons (Fsp3) is 0.333. The molecule has 0 aromatic heterocycles. The topological polar surface area (TPSA) is 20.2 Å². The molecule has 1 rings (SSSR count). The Bertz CT molecular complexity index is 170. The van der Waals surface area contributed by atoms with Crippen LogP contribution < -0.4 is 0 Å². The third kappa shape index (κ3) is 4.24. The smallest absolute Gasteiger partial charge is 0.116 e. The Hall–Kier alpha value is -0.250. The lowest BCUT2D eigenvalue weighted by atomic mass is 10.2. The molecule has 1 nitrogen and oxygen atoms in total. The van der Waals surface area contributed by atoms with Crippen LogP contribution in [0.3, 0.4) is 0 Å². The summed E-state index contributed by atoms with van der Waals surface area (Å²) in [5, 5.41) is 8.99. The first kappa shape index (κ1) is 10.8. The normalized spacial score (nSPS) is 8.36. The van der Waals surface area contributed by atoms with E-state index in [1.54, 1.807) is 12.1 Å². The fourth-order valence-corrected chi connectivity index (χ4v) is 1.53. The molecular weight excluding hydrogens is 251 g/mol. The monoisotopic (exact) mass is 264 g/mol. The molecule has 2 heteroatoms. The van der Waals surface area contributed by atoms with Crippen molar-refractivity contribution in [2.45, 2.75) is 20.8 Å². The maximum Gasteiger partial charge on any atom is 0.116 e. The molecule has 0 heterocycles. The number of hydrogen-bond donors (Lipinski definition) is 1. The molecule has 0 amide bonds. The van der Waals surface area contributed by atoms with Crippen molar-refractivity contribution in [1.82, 2.24) is 0 Å². The Kier molecular flexibility index (Phi) is 5.28. The highest BCUT2D eigenvalue weighted by Crippen LogP contribution is 2.15. The quantitative estimate of drug-likeness (QED) is 0.712. The van der Waals surface area contributed by atoms with E-state index in [9.17, 15) is 0 Å². The van der Waals surface area contributed by atoms with Crippen LogP contribution in [-0.2, 0) is 0 Å². The molecule has 1 N–H and O–H groups in total.